The van der Waals surface area contributed by atoms with E-state index in [9.17, 15) is 4.79 Å². The Morgan fingerprint density at radius 2 is 2.00 bits per heavy atom. The van der Waals surface area contributed by atoms with Gasteiger partial charge in [0.15, 0.2) is 4.34 Å². The lowest BCUT2D eigenvalue weighted by Crippen LogP contribution is -2.22. The Labute approximate surface area is 142 Å². The molecule has 6 heteroatoms. The van der Waals surface area contributed by atoms with E-state index < -0.39 is 0 Å². The number of hydrogen-bond donors (Lipinski definition) is 1. The summed E-state index contributed by atoms with van der Waals surface area (Å²) in [6.07, 6.45) is 0. The molecule has 0 aliphatic rings. The summed E-state index contributed by atoms with van der Waals surface area (Å²) in [6, 6.07) is 16.8. The number of aromatic nitrogens is 1. The van der Waals surface area contributed by atoms with Crippen molar-refractivity contribution in [3.05, 3.63) is 54.1 Å². The van der Waals surface area contributed by atoms with Crippen LogP contribution in [0.5, 0.6) is 0 Å². The topological polar surface area (TPSA) is 65.8 Å². The molecule has 0 bridgehead atoms. The number of nitriles is 1. The van der Waals surface area contributed by atoms with Gasteiger partial charge in [0.05, 0.1) is 27.1 Å². The van der Waals surface area contributed by atoms with E-state index in [0.29, 0.717) is 11.3 Å². The molecule has 0 saturated carbocycles. The summed E-state index contributed by atoms with van der Waals surface area (Å²) in [4.78, 5) is 16.8. The molecule has 0 radical (unpaired) electrons. The third-order valence-electron chi connectivity index (χ3n) is 3.20. The summed E-state index contributed by atoms with van der Waals surface area (Å²) in [5, 5.41) is 11.4. The standard InChI is InChI=1S/C17H13N3OS2/c1-11(16(21)19-13-8-6-12(10-18)7-9-13)22-17-20-14-4-2-3-5-15(14)23-17/h2-9,11H,1H3,(H,19,21)/t11-/m0/s1. The molecular weight excluding hydrogens is 326 g/mol. The molecule has 2 aromatic carbocycles. The van der Waals surface area contributed by atoms with E-state index in [0.717, 1.165) is 14.6 Å². The molecule has 1 aromatic heterocycles. The molecule has 1 heterocycles. The van der Waals surface area contributed by atoms with Crippen LogP contribution < -0.4 is 5.32 Å². The van der Waals surface area contributed by atoms with Crippen LogP contribution in [0, 0.1) is 11.3 Å². The lowest BCUT2D eigenvalue weighted by Gasteiger charge is -2.10. The summed E-state index contributed by atoms with van der Waals surface area (Å²) in [6.45, 7) is 1.86. The van der Waals surface area contributed by atoms with Crippen LogP contribution in [0.3, 0.4) is 0 Å². The second kappa shape index (κ2) is 6.82. The van der Waals surface area contributed by atoms with Crippen molar-refractivity contribution in [1.82, 2.24) is 4.98 Å². The zero-order valence-electron chi connectivity index (χ0n) is 12.3. The SMILES string of the molecule is C[C@H](Sc1nc2ccccc2s1)C(=O)Nc1ccc(C#N)cc1. The summed E-state index contributed by atoms with van der Waals surface area (Å²) in [5.41, 5.74) is 2.21. The molecule has 4 nitrogen and oxygen atoms in total. The fourth-order valence-electron chi connectivity index (χ4n) is 1.98. The first kappa shape index (κ1) is 15.5. The van der Waals surface area contributed by atoms with E-state index in [1.165, 1.54) is 11.8 Å². The van der Waals surface area contributed by atoms with Crippen molar-refractivity contribution in [2.24, 2.45) is 0 Å². The third-order valence-corrected chi connectivity index (χ3v) is 5.43. The molecule has 0 fully saturated rings. The minimum Gasteiger partial charge on any atom is -0.325 e. The van der Waals surface area contributed by atoms with E-state index >= 15 is 0 Å². The van der Waals surface area contributed by atoms with Gasteiger partial charge in [-0.25, -0.2) is 4.98 Å². The van der Waals surface area contributed by atoms with Crippen molar-refractivity contribution in [2.75, 3.05) is 5.32 Å². The van der Waals surface area contributed by atoms with Crippen LogP contribution in [0.15, 0.2) is 52.9 Å². The Hall–Kier alpha value is -2.36. The van der Waals surface area contributed by atoms with Crippen LogP contribution in [-0.2, 0) is 4.79 Å². The van der Waals surface area contributed by atoms with E-state index in [4.69, 9.17) is 5.26 Å². The number of nitrogens with zero attached hydrogens (tertiary/aromatic N) is 2. The molecular formula is C17H13N3OS2. The number of benzene rings is 2. The first-order valence-corrected chi connectivity index (χ1v) is 8.68. The van der Waals surface area contributed by atoms with Gasteiger partial charge in [-0.1, -0.05) is 23.9 Å². The second-order valence-corrected chi connectivity index (χ2v) is 7.50. The van der Waals surface area contributed by atoms with Gasteiger partial charge in [0.1, 0.15) is 0 Å². The van der Waals surface area contributed by atoms with E-state index in [1.54, 1.807) is 35.6 Å². The number of fused-ring (bicyclic) bond motifs is 1. The number of thioether (sulfide) groups is 1. The maximum Gasteiger partial charge on any atom is 0.237 e. The molecule has 0 unspecified atom stereocenters. The number of rotatable bonds is 4. The maximum absolute atomic E-state index is 12.3. The van der Waals surface area contributed by atoms with Crippen LogP contribution in [-0.4, -0.2) is 16.1 Å². The first-order chi connectivity index (χ1) is 11.2. The van der Waals surface area contributed by atoms with E-state index in [2.05, 4.69) is 16.4 Å². The number of para-hydroxylation sites is 1. The first-order valence-electron chi connectivity index (χ1n) is 6.99. The predicted molar refractivity (Wildman–Crippen MR) is 94.7 cm³/mol. The Morgan fingerprint density at radius 1 is 1.26 bits per heavy atom. The van der Waals surface area contributed by atoms with Crippen LogP contribution in [0.4, 0.5) is 5.69 Å². The fraction of sp³-hybridized carbons (Fsp3) is 0.118. The molecule has 0 aliphatic carbocycles. The number of carbonyl (C=O) groups is 1. The highest BCUT2D eigenvalue weighted by atomic mass is 32.2. The number of carbonyl (C=O) groups excluding carboxylic acids is 1. The lowest BCUT2D eigenvalue weighted by atomic mass is 10.2. The van der Waals surface area contributed by atoms with Gasteiger partial charge in [0, 0.05) is 5.69 Å². The molecule has 1 amide bonds. The second-order valence-electron chi connectivity index (χ2n) is 4.89. The number of nitrogens with one attached hydrogen (secondary N) is 1. The zero-order chi connectivity index (χ0) is 16.2. The van der Waals surface area contributed by atoms with Crippen molar-refractivity contribution < 1.29 is 4.79 Å². The average molecular weight is 339 g/mol. The Bertz CT molecular complexity index is 848. The summed E-state index contributed by atoms with van der Waals surface area (Å²) in [7, 11) is 0. The van der Waals surface area contributed by atoms with Crippen molar-refractivity contribution in [3.8, 4) is 6.07 Å². The number of amides is 1. The molecule has 3 aromatic rings. The highest BCUT2D eigenvalue weighted by molar-refractivity contribution is 8.02. The number of thiazole rings is 1. The van der Waals surface area contributed by atoms with Gasteiger partial charge in [-0.2, -0.15) is 5.26 Å². The minimum atomic E-state index is -0.258. The number of hydrogen-bond acceptors (Lipinski definition) is 5. The largest absolute Gasteiger partial charge is 0.325 e. The minimum absolute atomic E-state index is 0.0843. The maximum atomic E-state index is 12.3. The Kier molecular flexibility index (Phi) is 4.60. The van der Waals surface area contributed by atoms with E-state index in [1.807, 2.05) is 31.2 Å². The van der Waals surface area contributed by atoms with Gasteiger partial charge in [-0.05, 0) is 43.3 Å². The van der Waals surface area contributed by atoms with Crippen LogP contribution in [0.1, 0.15) is 12.5 Å². The molecule has 1 N–H and O–H groups in total. The van der Waals surface area contributed by atoms with E-state index in [-0.39, 0.29) is 11.2 Å². The smallest absolute Gasteiger partial charge is 0.237 e. The highest BCUT2D eigenvalue weighted by Crippen LogP contribution is 2.32. The van der Waals surface area contributed by atoms with Crippen molar-refractivity contribution in [1.29, 1.82) is 5.26 Å². The van der Waals surface area contributed by atoms with Crippen LogP contribution in [0.2, 0.25) is 0 Å². The highest BCUT2D eigenvalue weighted by Gasteiger charge is 2.17. The van der Waals surface area contributed by atoms with Crippen molar-refractivity contribution in [2.45, 2.75) is 16.5 Å². The zero-order valence-corrected chi connectivity index (χ0v) is 13.9. The van der Waals surface area contributed by atoms with Gasteiger partial charge >= 0.3 is 0 Å². The van der Waals surface area contributed by atoms with Gasteiger partial charge < -0.3 is 5.32 Å². The molecule has 114 valence electrons. The Balaban J connectivity index is 1.65. The lowest BCUT2D eigenvalue weighted by molar-refractivity contribution is -0.115. The molecule has 1 atom stereocenters. The summed E-state index contributed by atoms with van der Waals surface area (Å²) < 4.78 is 2.00. The molecule has 23 heavy (non-hydrogen) atoms. The summed E-state index contributed by atoms with van der Waals surface area (Å²) in [5.74, 6) is -0.0843. The molecule has 0 aliphatic heterocycles. The molecule has 0 spiro atoms. The monoisotopic (exact) mass is 339 g/mol. The predicted octanol–water partition coefficient (Wildman–Crippen LogP) is 4.29. The van der Waals surface area contributed by atoms with Crippen molar-refractivity contribution in [3.63, 3.8) is 0 Å². The third kappa shape index (κ3) is 3.70. The fourth-order valence-corrected chi connectivity index (χ4v) is 4.19. The molecule has 3 rings (SSSR count). The van der Waals surface area contributed by atoms with Gasteiger partial charge in [-0.15, -0.1) is 11.3 Å². The van der Waals surface area contributed by atoms with Crippen molar-refractivity contribution >= 4 is 44.9 Å². The normalized spacial score (nSPS) is 11.8. The van der Waals surface area contributed by atoms with Gasteiger partial charge in [0.25, 0.3) is 0 Å². The quantitative estimate of drug-likeness (QED) is 0.720. The number of anilines is 1. The molecule has 0 saturated heterocycles. The van der Waals surface area contributed by atoms with Gasteiger partial charge in [-0.3, -0.25) is 4.79 Å². The van der Waals surface area contributed by atoms with Crippen LogP contribution >= 0.6 is 23.1 Å². The van der Waals surface area contributed by atoms with Gasteiger partial charge in [0.2, 0.25) is 5.91 Å². The Morgan fingerprint density at radius 3 is 2.70 bits per heavy atom. The summed E-state index contributed by atoms with van der Waals surface area (Å²) >= 11 is 3.04. The average Bonchev–Trinajstić information content (AvgIpc) is 2.97. The van der Waals surface area contributed by atoms with Crippen LogP contribution in [0.25, 0.3) is 10.2 Å².